The summed E-state index contributed by atoms with van der Waals surface area (Å²) in [5.41, 5.74) is -0.0530. The highest BCUT2D eigenvalue weighted by Gasteiger charge is 2.33. The van der Waals surface area contributed by atoms with Crippen LogP contribution < -0.4 is 14.8 Å². The number of thiophene rings is 1. The molecule has 1 aliphatic heterocycles. The van der Waals surface area contributed by atoms with Crippen molar-refractivity contribution in [3.63, 3.8) is 0 Å². The van der Waals surface area contributed by atoms with Gasteiger partial charge in [-0.2, -0.15) is 13.2 Å². The van der Waals surface area contributed by atoms with Gasteiger partial charge in [0.2, 0.25) is 0 Å². The summed E-state index contributed by atoms with van der Waals surface area (Å²) >= 11 is 0.864. The molecule has 7 nitrogen and oxygen atoms in total. The van der Waals surface area contributed by atoms with Crippen LogP contribution >= 0.6 is 11.3 Å². The van der Waals surface area contributed by atoms with E-state index in [-0.39, 0.29) is 26.9 Å². The molecule has 3 heterocycles. The van der Waals surface area contributed by atoms with E-state index in [0.717, 1.165) is 30.2 Å². The first-order valence-electron chi connectivity index (χ1n) is 10.5. The van der Waals surface area contributed by atoms with E-state index in [1.165, 1.54) is 32.4 Å². The van der Waals surface area contributed by atoms with Crippen molar-refractivity contribution in [2.75, 3.05) is 32.6 Å². The van der Waals surface area contributed by atoms with Crippen molar-refractivity contribution in [3.05, 3.63) is 46.0 Å². The quantitative estimate of drug-likeness (QED) is 0.533. The van der Waals surface area contributed by atoms with Crippen LogP contribution in [0.4, 0.5) is 18.9 Å². The number of fused-ring (bicyclic) bond motifs is 1. The van der Waals surface area contributed by atoms with Gasteiger partial charge in [-0.1, -0.05) is 0 Å². The van der Waals surface area contributed by atoms with Crippen LogP contribution in [0.2, 0.25) is 0 Å². The zero-order valence-corrected chi connectivity index (χ0v) is 19.5. The minimum absolute atomic E-state index is 0.109. The van der Waals surface area contributed by atoms with Crippen molar-refractivity contribution >= 4 is 39.1 Å². The molecule has 1 fully saturated rings. The van der Waals surface area contributed by atoms with Crippen LogP contribution in [-0.4, -0.2) is 49.0 Å². The fourth-order valence-corrected chi connectivity index (χ4v) is 4.98. The number of ether oxygens (including phenoxy) is 2. The first-order chi connectivity index (χ1) is 16.1. The molecular weight excluding hydrogens is 471 g/mol. The molecule has 1 saturated heterocycles. The molecule has 3 aromatic rings. The van der Waals surface area contributed by atoms with Gasteiger partial charge in [-0.05, 0) is 43.5 Å². The van der Waals surface area contributed by atoms with Crippen LogP contribution in [0.3, 0.4) is 0 Å². The van der Waals surface area contributed by atoms with Gasteiger partial charge in [-0.15, -0.1) is 11.3 Å². The van der Waals surface area contributed by atoms with E-state index in [2.05, 4.69) is 10.3 Å². The fraction of sp³-hybridized carbons (Fsp3) is 0.348. The molecule has 0 atom stereocenters. The molecule has 0 radical (unpaired) electrons. The number of amides is 2. The number of likely N-dealkylation sites (tertiary alicyclic amines) is 1. The lowest BCUT2D eigenvalue weighted by atomic mass is 10.1. The van der Waals surface area contributed by atoms with Crippen molar-refractivity contribution in [3.8, 4) is 11.5 Å². The van der Waals surface area contributed by atoms with Crippen molar-refractivity contribution in [2.45, 2.75) is 25.9 Å². The highest BCUT2D eigenvalue weighted by Crippen LogP contribution is 2.37. The largest absolute Gasteiger partial charge is 0.493 e. The molecule has 0 unspecified atom stereocenters. The molecule has 2 aromatic heterocycles. The van der Waals surface area contributed by atoms with Gasteiger partial charge < -0.3 is 19.7 Å². The smallest absolute Gasteiger partial charge is 0.433 e. The Morgan fingerprint density at radius 2 is 1.74 bits per heavy atom. The highest BCUT2D eigenvalue weighted by molar-refractivity contribution is 7.20. The number of nitrogens with one attached hydrogen (secondary N) is 1. The Labute approximate surface area is 197 Å². The molecule has 0 saturated carbocycles. The van der Waals surface area contributed by atoms with Crippen molar-refractivity contribution < 1.29 is 32.2 Å². The Bertz CT molecular complexity index is 1270. The predicted molar refractivity (Wildman–Crippen MR) is 122 cm³/mol. The summed E-state index contributed by atoms with van der Waals surface area (Å²) in [6.07, 6.45) is -2.79. The summed E-state index contributed by atoms with van der Waals surface area (Å²) in [5, 5.41) is 3.20. The molecule has 0 spiro atoms. The van der Waals surface area contributed by atoms with Crippen LogP contribution in [0.5, 0.6) is 11.5 Å². The highest BCUT2D eigenvalue weighted by atomic mass is 32.1. The predicted octanol–water partition coefficient (Wildman–Crippen LogP) is 5.13. The Morgan fingerprint density at radius 3 is 2.35 bits per heavy atom. The Balaban J connectivity index is 1.72. The van der Waals surface area contributed by atoms with Gasteiger partial charge >= 0.3 is 6.18 Å². The number of rotatable bonds is 5. The number of hydrogen-bond donors (Lipinski definition) is 1. The van der Waals surface area contributed by atoms with Crippen LogP contribution in [0.1, 0.15) is 44.1 Å². The van der Waals surface area contributed by atoms with E-state index >= 15 is 0 Å². The van der Waals surface area contributed by atoms with Crippen LogP contribution in [0, 0.1) is 6.92 Å². The molecule has 1 aromatic carbocycles. The zero-order chi connectivity index (χ0) is 24.6. The van der Waals surface area contributed by atoms with Gasteiger partial charge in [0, 0.05) is 24.5 Å². The molecular formula is C23H22F3N3O4S. The van der Waals surface area contributed by atoms with Crippen molar-refractivity contribution in [1.82, 2.24) is 9.88 Å². The average Bonchev–Trinajstić information content (AvgIpc) is 3.46. The molecule has 0 aliphatic carbocycles. The summed E-state index contributed by atoms with van der Waals surface area (Å²) in [4.78, 5) is 32.0. The minimum Gasteiger partial charge on any atom is -0.493 e. The molecule has 180 valence electrons. The van der Waals surface area contributed by atoms with E-state index in [1.54, 1.807) is 11.8 Å². The van der Waals surface area contributed by atoms with Gasteiger partial charge in [0.25, 0.3) is 11.8 Å². The lowest BCUT2D eigenvalue weighted by Gasteiger charge is -2.20. The standard InChI is InChI=1S/C23H22F3N3O4S/c1-12-13-6-7-18(23(24,25)26)28-21(13)34-19(12)20(30)27-15-11-17(33-3)16(32-2)10-14(15)22(31)29-8-4-5-9-29/h6-7,10-11H,4-5,8-9H2,1-3H3,(H,27,30). The molecule has 0 bridgehead atoms. The number of anilines is 1. The van der Waals surface area contributed by atoms with Gasteiger partial charge in [-0.25, -0.2) is 4.98 Å². The number of nitrogens with zero attached hydrogens (tertiary/aromatic N) is 2. The number of halogens is 3. The topological polar surface area (TPSA) is 80.8 Å². The van der Waals surface area contributed by atoms with E-state index in [9.17, 15) is 22.8 Å². The third-order valence-corrected chi connectivity index (χ3v) is 6.90. The first kappa shape index (κ1) is 23.8. The average molecular weight is 494 g/mol. The number of hydrogen-bond acceptors (Lipinski definition) is 6. The molecule has 34 heavy (non-hydrogen) atoms. The second-order valence-corrected chi connectivity index (χ2v) is 8.81. The second-order valence-electron chi connectivity index (χ2n) is 7.81. The molecule has 1 aliphatic rings. The number of alkyl halides is 3. The number of aryl methyl sites for hydroxylation is 1. The van der Waals surface area contributed by atoms with E-state index < -0.39 is 17.8 Å². The maximum Gasteiger partial charge on any atom is 0.433 e. The summed E-state index contributed by atoms with van der Waals surface area (Å²) in [6, 6.07) is 5.23. The second kappa shape index (κ2) is 9.13. The fourth-order valence-electron chi connectivity index (χ4n) is 3.90. The lowest BCUT2D eigenvalue weighted by molar-refractivity contribution is -0.140. The Kier molecular flexibility index (Phi) is 6.39. The summed E-state index contributed by atoms with van der Waals surface area (Å²) < 4.78 is 49.8. The number of pyridine rings is 1. The maximum absolute atomic E-state index is 13.2. The SMILES string of the molecule is COc1cc(NC(=O)c2sc3nc(C(F)(F)F)ccc3c2C)c(C(=O)N2CCCC2)cc1OC. The van der Waals surface area contributed by atoms with Crippen LogP contribution in [-0.2, 0) is 6.18 Å². The monoisotopic (exact) mass is 493 g/mol. The van der Waals surface area contributed by atoms with Crippen molar-refractivity contribution in [1.29, 1.82) is 0 Å². The maximum atomic E-state index is 13.2. The molecule has 1 N–H and O–H groups in total. The van der Waals surface area contributed by atoms with E-state index in [4.69, 9.17) is 9.47 Å². The number of methoxy groups -OCH3 is 2. The van der Waals surface area contributed by atoms with E-state index in [1.807, 2.05) is 0 Å². The third-order valence-electron chi connectivity index (χ3n) is 5.70. The van der Waals surface area contributed by atoms with E-state index in [0.29, 0.717) is 35.5 Å². The van der Waals surface area contributed by atoms with Gasteiger partial charge in [0.15, 0.2) is 11.5 Å². The lowest BCUT2D eigenvalue weighted by Crippen LogP contribution is -2.29. The number of carbonyl (C=O) groups is 2. The van der Waals surface area contributed by atoms with Crippen LogP contribution in [0.25, 0.3) is 10.2 Å². The number of carbonyl (C=O) groups excluding carboxylic acids is 2. The van der Waals surface area contributed by atoms with Gasteiger partial charge in [-0.3, -0.25) is 9.59 Å². The molecule has 11 heteroatoms. The normalized spacial score (nSPS) is 13.9. The summed E-state index contributed by atoms with van der Waals surface area (Å²) in [6.45, 7) is 2.87. The number of aromatic nitrogens is 1. The summed E-state index contributed by atoms with van der Waals surface area (Å²) in [7, 11) is 2.88. The Morgan fingerprint density at radius 1 is 1.09 bits per heavy atom. The minimum atomic E-state index is -4.58. The Hall–Kier alpha value is -3.34. The number of benzene rings is 1. The van der Waals surface area contributed by atoms with Crippen LogP contribution in [0.15, 0.2) is 24.3 Å². The van der Waals surface area contributed by atoms with Crippen molar-refractivity contribution in [2.24, 2.45) is 0 Å². The van der Waals surface area contributed by atoms with Gasteiger partial charge in [0.05, 0.1) is 30.3 Å². The summed E-state index contributed by atoms with van der Waals surface area (Å²) in [5.74, 6) is -0.152. The van der Waals surface area contributed by atoms with Gasteiger partial charge in [0.1, 0.15) is 10.5 Å². The first-order valence-corrected chi connectivity index (χ1v) is 11.3. The zero-order valence-electron chi connectivity index (χ0n) is 18.7. The molecule has 4 rings (SSSR count). The molecule has 2 amide bonds. The third kappa shape index (κ3) is 4.39.